The zero-order valence-electron chi connectivity index (χ0n) is 10.4. The van der Waals surface area contributed by atoms with Crippen molar-refractivity contribution >= 4 is 11.9 Å². The number of hydrogen-bond acceptors (Lipinski definition) is 4. The highest BCUT2D eigenvalue weighted by molar-refractivity contribution is 5.76. The average molecular weight is 254 g/mol. The fourth-order valence-electron chi connectivity index (χ4n) is 1.55. The highest BCUT2D eigenvalue weighted by atomic mass is 16.4. The maximum absolute atomic E-state index is 11.6. The molecule has 7 heteroatoms. The lowest BCUT2D eigenvalue weighted by Crippen LogP contribution is -2.33. The minimum absolute atomic E-state index is 0.00686. The van der Waals surface area contributed by atoms with Crippen LogP contribution in [-0.4, -0.2) is 38.0 Å². The van der Waals surface area contributed by atoms with Crippen molar-refractivity contribution in [2.75, 3.05) is 0 Å². The summed E-state index contributed by atoms with van der Waals surface area (Å²) in [6.07, 6.45) is 4.98. The summed E-state index contributed by atoms with van der Waals surface area (Å²) in [5, 5.41) is 18.7. The fraction of sp³-hybridized carbons (Fsp3) is 0.636. The molecule has 1 rings (SSSR count). The van der Waals surface area contributed by atoms with Gasteiger partial charge in [0.1, 0.15) is 0 Å². The molecule has 0 saturated heterocycles. The van der Waals surface area contributed by atoms with Crippen LogP contribution < -0.4 is 5.32 Å². The second kappa shape index (κ2) is 7.41. The first-order valence-corrected chi connectivity index (χ1v) is 5.93. The number of carbonyl (C=O) groups excluding carboxylic acids is 1. The van der Waals surface area contributed by atoms with Crippen molar-refractivity contribution in [2.45, 2.75) is 45.2 Å². The van der Waals surface area contributed by atoms with Crippen molar-refractivity contribution in [3.8, 4) is 0 Å². The van der Waals surface area contributed by atoms with Crippen LogP contribution in [0.5, 0.6) is 0 Å². The Morgan fingerprint density at radius 2 is 2.22 bits per heavy atom. The molecule has 0 fully saturated rings. The smallest absolute Gasteiger partial charge is 0.303 e. The molecule has 0 radical (unpaired) electrons. The summed E-state index contributed by atoms with van der Waals surface area (Å²) in [4.78, 5) is 21.9. The van der Waals surface area contributed by atoms with Crippen molar-refractivity contribution in [3.63, 3.8) is 0 Å². The first-order chi connectivity index (χ1) is 8.58. The lowest BCUT2D eigenvalue weighted by atomic mass is 10.1. The quantitative estimate of drug-likeness (QED) is 0.701. The first-order valence-electron chi connectivity index (χ1n) is 5.93. The predicted molar refractivity (Wildman–Crippen MR) is 63.7 cm³/mol. The van der Waals surface area contributed by atoms with Crippen LogP contribution in [0.3, 0.4) is 0 Å². The lowest BCUT2D eigenvalue weighted by molar-refractivity contribution is -0.137. The molecule has 0 aromatic carbocycles. The van der Waals surface area contributed by atoms with Gasteiger partial charge in [-0.1, -0.05) is 5.21 Å². The summed E-state index contributed by atoms with van der Waals surface area (Å²) in [5.74, 6) is -0.868. The number of carbonyl (C=O) groups is 2. The van der Waals surface area contributed by atoms with Gasteiger partial charge in [0.2, 0.25) is 5.91 Å². The minimum atomic E-state index is -0.806. The molecule has 0 spiro atoms. The van der Waals surface area contributed by atoms with Crippen molar-refractivity contribution in [1.82, 2.24) is 20.3 Å². The highest BCUT2D eigenvalue weighted by Gasteiger charge is 2.08. The number of rotatable bonds is 8. The maximum Gasteiger partial charge on any atom is 0.303 e. The Morgan fingerprint density at radius 3 is 2.83 bits per heavy atom. The lowest BCUT2D eigenvalue weighted by Gasteiger charge is -2.13. The Bertz CT molecular complexity index is 378. The van der Waals surface area contributed by atoms with E-state index in [9.17, 15) is 9.59 Å². The molecule has 100 valence electrons. The predicted octanol–water partition coefficient (Wildman–Crippen LogP) is 0.428. The summed E-state index contributed by atoms with van der Waals surface area (Å²) in [5.41, 5.74) is 0. The van der Waals surface area contributed by atoms with E-state index in [1.807, 2.05) is 6.92 Å². The number of aromatic nitrogens is 3. The third kappa shape index (κ3) is 5.97. The average Bonchev–Trinajstić information content (AvgIpc) is 2.78. The van der Waals surface area contributed by atoms with Crippen molar-refractivity contribution in [2.24, 2.45) is 0 Å². The van der Waals surface area contributed by atoms with Crippen molar-refractivity contribution < 1.29 is 14.7 Å². The van der Waals surface area contributed by atoms with Gasteiger partial charge < -0.3 is 10.4 Å². The van der Waals surface area contributed by atoms with Crippen LogP contribution >= 0.6 is 0 Å². The van der Waals surface area contributed by atoms with Gasteiger partial charge in [-0.25, -0.2) is 0 Å². The van der Waals surface area contributed by atoms with E-state index in [0.717, 1.165) is 0 Å². The van der Waals surface area contributed by atoms with Crippen molar-refractivity contribution in [1.29, 1.82) is 0 Å². The second-order valence-electron chi connectivity index (χ2n) is 4.17. The molecule has 1 heterocycles. The second-order valence-corrected chi connectivity index (χ2v) is 4.17. The largest absolute Gasteiger partial charge is 0.481 e. The molecule has 0 aliphatic rings. The summed E-state index contributed by atoms with van der Waals surface area (Å²) in [6.45, 7) is 2.36. The molecular weight excluding hydrogens is 236 g/mol. The SMILES string of the molecule is CC(CCCC(=O)O)NC(=O)CCn1ccnn1. The van der Waals surface area contributed by atoms with Crippen LogP contribution in [0, 0.1) is 0 Å². The number of carboxylic acid groups (broad SMARTS) is 1. The summed E-state index contributed by atoms with van der Waals surface area (Å²) >= 11 is 0. The molecule has 7 nitrogen and oxygen atoms in total. The zero-order chi connectivity index (χ0) is 13.4. The molecule has 0 aliphatic heterocycles. The minimum Gasteiger partial charge on any atom is -0.481 e. The zero-order valence-corrected chi connectivity index (χ0v) is 10.4. The van der Waals surface area contributed by atoms with Gasteiger partial charge in [0, 0.05) is 25.1 Å². The molecule has 0 aliphatic carbocycles. The van der Waals surface area contributed by atoms with E-state index in [0.29, 0.717) is 25.8 Å². The molecule has 0 saturated carbocycles. The molecule has 2 N–H and O–H groups in total. The Hall–Kier alpha value is -1.92. The molecule has 18 heavy (non-hydrogen) atoms. The summed E-state index contributed by atoms with van der Waals surface area (Å²) in [7, 11) is 0. The summed E-state index contributed by atoms with van der Waals surface area (Å²) in [6, 6.07) is -0.00686. The molecular formula is C11H18N4O3. The monoisotopic (exact) mass is 254 g/mol. The van der Waals surface area contributed by atoms with E-state index in [2.05, 4.69) is 15.6 Å². The van der Waals surface area contributed by atoms with E-state index in [4.69, 9.17) is 5.11 Å². The van der Waals surface area contributed by atoms with Crippen LogP contribution in [0.1, 0.15) is 32.6 Å². The van der Waals surface area contributed by atoms with Crippen molar-refractivity contribution in [3.05, 3.63) is 12.4 Å². The van der Waals surface area contributed by atoms with Gasteiger partial charge in [-0.05, 0) is 19.8 Å². The van der Waals surface area contributed by atoms with Crippen LogP contribution in [0.15, 0.2) is 12.4 Å². The van der Waals surface area contributed by atoms with Gasteiger partial charge in [-0.2, -0.15) is 0 Å². The number of amides is 1. The Balaban J connectivity index is 2.13. The molecule has 1 aromatic heterocycles. The summed E-state index contributed by atoms with van der Waals surface area (Å²) < 4.78 is 1.59. The Labute approximate surface area is 105 Å². The van der Waals surface area contributed by atoms with E-state index >= 15 is 0 Å². The van der Waals surface area contributed by atoms with E-state index in [1.54, 1.807) is 17.1 Å². The number of nitrogens with one attached hydrogen (secondary N) is 1. The third-order valence-corrected chi connectivity index (χ3v) is 2.48. The fourth-order valence-corrected chi connectivity index (χ4v) is 1.55. The number of nitrogens with zero attached hydrogens (tertiary/aromatic N) is 3. The van der Waals surface area contributed by atoms with Gasteiger partial charge in [0.15, 0.2) is 0 Å². The Kier molecular flexibility index (Phi) is 5.83. The van der Waals surface area contributed by atoms with E-state index in [-0.39, 0.29) is 18.4 Å². The van der Waals surface area contributed by atoms with Gasteiger partial charge in [0.05, 0.1) is 12.7 Å². The molecule has 1 amide bonds. The molecule has 1 aromatic rings. The normalized spacial score (nSPS) is 12.1. The van der Waals surface area contributed by atoms with Gasteiger partial charge in [-0.3, -0.25) is 14.3 Å². The van der Waals surface area contributed by atoms with Gasteiger partial charge in [-0.15, -0.1) is 5.10 Å². The number of hydrogen-bond donors (Lipinski definition) is 2. The van der Waals surface area contributed by atoms with E-state index in [1.165, 1.54) is 0 Å². The van der Waals surface area contributed by atoms with Crippen LogP contribution in [-0.2, 0) is 16.1 Å². The van der Waals surface area contributed by atoms with Crippen LogP contribution in [0.25, 0.3) is 0 Å². The molecule has 1 unspecified atom stereocenters. The van der Waals surface area contributed by atoms with Crippen LogP contribution in [0.4, 0.5) is 0 Å². The first kappa shape index (κ1) is 14.1. The number of carboxylic acids is 1. The topological polar surface area (TPSA) is 97.1 Å². The standard InChI is InChI=1S/C11H18N4O3/c1-9(3-2-4-11(17)18)13-10(16)5-7-15-8-6-12-14-15/h6,8-9H,2-5,7H2,1H3,(H,13,16)(H,17,18). The maximum atomic E-state index is 11.6. The van der Waals surface area contributed by atoms with Crippen LogP contribution in [0.2, 0.25) is 0 Å². The van der Waals surface area contributed by atoms with E-state index < -0.39 is 5.97 Å². The van der Waals surface area contributed by atoms with Gasteiger partial charge >= 0.3 is 5.97 Å². The molecule has 0 bridgehead atoms. The third-order valence-electron chi connectivity index (χ3n) is 2.48. The molecule has 1 atom stereocenters. The number of aliphatic carboxylic acids is 1. The number of aryl methyl sites for hydroxylation is 1. The van der Waals surface area contributed by atoms with Gasteiger partial charge in [0.25, 0.3) is 0 Å². The highest BCUT2D eigenvalue weighted by Crippen LogP contribution is 2.01. The Morgan fingerprint density at radius 1 is 1.44 bits per heavy atom.